The van der Waals surface area contributed by atoms with E-state index in [9.17, 15) is 8.42 Å². The average Bonchev–Trinajstić information content (AvgIpc) is 2.21. The monoisotopic (exact) mass is 224 g/mol. The van der Waals surface area contributed by atoms with Crippen molar-refractivity contribution >= 4 is 33.8 Å². The fraction of sp³-hybridized carbons (Fsp3) is 0. The summed E-state index contributed by atoms with van der Waals surface area (Å²) in [4.78, 5) is 0. The third kappa shape index (κ3) is 2.45. The van der Waals surface area contributed by atoms with Gasteiger partial charge in [-0.05, 0) is 12.1 Å². The molecular weight excluding hydrogens is 220 g/mol. The Kier molecular flexibility index (Phi) is 3.91. The van der Waals surface area contributed by atoms with Crippen LogP contribution in [0.15, 0.2) is 22.6 Å². The van der Waals surface area contributed by atoms with E-state index in [2.05, 4.69) is 4.36 Å². The lowest BCUT2D eigenvalue weighted by molar-refractivity contribution is 0.698. The van der Waals surface area contributed by atoms with Crippen molar-refractivity contribution in [3.63, 3.8) is 0 Å². The Morgan fingerprint density at radius 3 is 2.79 bits per heavy atom. The Hall–Kier alpha value is -1.58. The van der Waals surface area contributed by atoms with Gasteiger partial charge in [0, 0.05) is 10.9 Å². The van der Waals surface area contributed by atoms with Crippen LogP contribution in [0.1, 0.15) is 11.1 Å². The largest absolute Gasteiger partial charge is 0.212 e. The molecule has 70 valence electrons. The van der Waals surface area contributed by atoms with Gasteiger partial charge in [0.2, 0.25) is 11.5 Å². The fourth-order valence-electron chi connectivity index (χ4n) is 0.884. The van der Waals surface area contributed by atoms with Crippen LogP contribution in [0, 0.1) is 11.3 Å². The molecule has 1 rings (SSSR count). The van der Waals surface area contributed by atoms with Crippen LogP contribution in [0.3, 0.4) is 0 Å². The molecule has 0 atom stereocenters. The average molecular weight is 224 g/mol. The molecule has 0 saturated carbocycles. The summed E-state index contributed by atoms with van der Waals surface area (Å²) in [5, 5.41) is 9.93. The van der Waals surface area contributed by atoms with Crippen LogP contribution in [-0.4, -0.2) is 13.8 Å². The highest BCUT2D eigenvalue weighted by atomic mass is 32.1. The summed E-state index contributed by atoms with van der Waals surface area (Å²) in [5.74, 6) is 0. The molecule has 0 spiro atoms. The standard InChI is InChI=1S/C8H4N2O2S2/c9-4-6-1-2-7(5-13-11)8(3-6)10-14-12/h1-3,5H. The van der Waals surface area contributed by atoms with Gasteiger partial charge in [-0.25, -0.2) is 4.21 Å². The molecule has 0 heterocycles. The summed E-state index contributed by atoms with van der Waals surface area (Å²) in [6.07, 6.45) is 0. The number of rotatable bonds is 2. The molecule has 0 aliphatic carbocycles. The molecule has 0 aliphatic rings. The molecule has 1 aromatic rings. The second-order valence-electron chi connectivity index (χ2n) is 2.27. The Morgan fingerprint density at radius 2 is 2.21 bits per heavy atom. The lowest BCUT2D eigenvalue weighted by Crippen LogP contribution is -1.83. The second kappa shape index (κ2) is 5.21. The van der Waals surface area contributed by atoms with E-state index in [1.165, 1.54) is 11.4 Å². The molecule has 0 fully saturated rings. The Bertz CT molecular complexity index is 495. The Morgan fingerprint density at radius 1 is 1.43 bits per heavy atom. The lowest BCUT2D eigenvalue weighted by atomic mass is 10.1. The van der Waals surface area contributed by atoms with Gasteiger partial charge >= 0.3 is 0 Å². The molecule has 0 bridgehead atoms. The van der Waals surface area contributed by atoms with Crippen molar-refractivity contribution in [1.29, 1.82) is 5.26 Å². The maximum atomic E-state index is 10.3. The second-order valence-corrected chi connectivity index (χ2v) is 3.03. The zero-order chi connectivity index (χ0) is 10.4. The van der Waals surface area contributed by atoms with E-state index in [1.807, 2.05) is 6.07 Å². The van der Waals surface area contributed by atoms with Gasteiger partial charge in [0.25, 0.3) is 0 Å². The predicted octanol–water partition coefficient (Wildman–Crippen LogP) is 0.950. The van der Waals surface area contributed by atoms with Gasteiger partial charge in [-0.3, -0.25) is 0 Å². The smallest absolute Gasteiger partial charge is 0.205 e. The van der Waals surface area contributed by atoms with Crippen LogP contribution in [0.4, 0.5) is 5.69 Å². The van der Waals surface area contributed by atoms with E-state index >= 15 is 0 Å². The number of hydrogen-bond acceptors (Lipinski definition) is 4. The number of nitrogens with zero attached hydrogens (tertiary/aromatic N) is 2. The first-order valence-electron chi connectivity index (χ1n) is 3.48. The Balaban J connectivity index is 3.39. The molecule has 6 heteroatoms. The molecular formula is C8H4N2O2S2. The minimum atomic E-state index is 0.0482. The molecule has 0 unspecified atom stereocenters. The van der Waals surface area contributed by atoms with Crippen molar-refractivity contribution in [3.8, 4) is 6.07 Å². The van der Waals surface area contributed by atoms with Crippen molar-refractivity contribution in [3.05, 3.63) is 29.3 Å². The van der Waals surface area contributed by atoms with E-state index < -0.39 is 0 Å². The third-order valence-corrected chi connectivity index (χ3v) is 2.09. The summed E-state index contributed by atoms with van der Waals surface area (Å²) >= 11 is 0.327. The molecule has 0 saturated heterocycles. The molecule has 0 N–H and O–H groups in total. The van der Waals surface area contributed by atoms with Gasteiger partial charge in [0.05, 0.1) is 28.6 Å². The van der Waals surface area contributed by atoms with Crippen LogP contribution in [0.25, 0.3) is 0 Å². The van der Waals surface area contributed by atoms with Crippen molar-refractivity contribution in [1.82, 2.24) is 0 Å². The number of hydrogen-bond donors (Lipinski definition) is 0. The maximum Gasteiger partial charge on any atom is 0.205 e. The minimum Gasteiger partial charge on any atom is -0.212 e. The highest BCUT2D eigenvalue weighted by molar-refractivity contribution is 7.65. The highest BCUT2D eigenvalue weighted by Gasteiger charge is 2.00. The zero-order valence-electron chi connectivity index (χ0n) is 6.84. The van der Waals surface area contributed by atoms with E-state index in [1.54, 1.807) is 12.1 Å². The van der Waals surface area contributed by atoms with Crippen LogP contribution < -0.4 is 0 Å². The summed E-state index contributed by atoms with van der Waals surface area (Å²) in [6.45, 7) is 0. The Labute approximate surface area is 87.5 Å². The van der Waals surface area contributed by atoms with E-state index in [4.69, 9.17) is 5.26 Å². The third-order valence-electron chi connectivity index (χ3n) is 1.47. The first kappa shape index (κ1) is 10.5. The van der Waals surface area contributed by atoms with E-state index in [-0.39, 0.29) is 22.7 Å². The minimum absolute atomic E-state index is 0.0482. The first-order valence-corrected chi connectivity index (χ1v) is 4.98. The molecule has 4 nitrogen and oxygen atoms in total. The van der Waals surface area contributed by atoms with Gasteiger partial charge in [0.1, 0.15) is 0 Å². The number of benzene rings is 1. The van der Waals surface area contributed by atoms with Gasteiger partial charge in [0.15, 0.2) is 0 Å². The normalized spacial score (nSPS) is 8.50. The van der Waals surface area contributed by atoms with Gasteiger partial charge in [-0.1, -0.05) is 6.07 Å². The van der Waals surface area contributed by atoms with Crippen molar-refractivity contribution in [2.75, 3.05) is 0 Å². The molecule has 1 aromatic carbocycles. The molecule has 0 aliphatic heterocycles. The molecule has 0 radical (unpaired) electrons. The topological polar surface area (TPSA) is 70.3 Å². The van der Waals surface area contributed by atoms with Crippen LogP contribution in [0.5, 0.6) is 0 Å². The van der Waals surface area contributed by atoms with Gasteiger partial charge in [-0.15, -0.1) is 0 Å². The molecule has 14 heavy (non-hydrogen) atoms. The number of nitriles is 1. The van der Waals surface area contributed by atoms with Crippen molar-refractivity contribution in [2.24, 2.45) is 4.36 Å². The van der Waals surface area contributed by atoms with Crippen LogP contribution >= 0.6 is 0 Å². The summed E-state index contributed by atoms with van der Waals surface area (Å²) in [5.41, 5.74) is 1.31. The quantitative estimate of drug-likeness (QED) is 0.702. The predicted molar refractivity (Wildman–Crippen MR) is 54.7 cm³/mol. The van der Waals surface area contributed by atoms with Crippen LogP contribution in [0.2, 0.25) is 0 Å². The maximum absolute atomic E-state index is 10.3. The summed E-state index contributed by atoms with van der Waals surface area (Å²) < 4.78 is 24.1. The van der Waals surface area contributed by atoms with E-state index in [0.29, 0.717) is 16.8 Å². The van der Waals surface area contributed by atoms with Crippen molar-refractivity contribution < 1.29 is 8.42 Å². The van der Waals surface area contributed by atoms with Gasteiger partial charge in [-0.2, -0.15) is 13.8 Å². The van der Waals surface area contributed by atoms with E-state index in [0.717, 1.165) is 0 Å². The summed E-state index contributed by atoms with van der Waals surface area (Å²) in [6, 6.07) is 6.54. The van der Waals surface area contributed by atoms with Crippen LogP contribution in [-0.2, 0) is 22.7 Å². The van der Waals surface area contributed by atoms with Gasteiger partial charge < -0.3 is 0 Å². The van der Waals surface area contributed by atoms with Crippen molar-refractivity contribution in [2.45, 2.75) is 0 Å². The fourth-order valence-corrected chi connectivity index (χ4v) is 1.43. The molecule has 0 aromatic heterocycles. The highest BCUT2D eigenvalue weighted by Crippen LogP contribution is 2.18. The molecule has 0 amide bonds. The first-order chi connectivity index (χ1) is 6.81. The summed E-state index contributed by atoms with van der Waals surface area (Å²) in [7, 11) is 0. The zero-order valence-corrected chi connectivity index (χ0v) is 8.47. The SMILES string of the molecule is N#Cc1ccc(C=S=O)c(N=S=O)c1. The lowest BCUT2D eigenvalue weighted by Gasteiger charge is -1.96.